The smallest absolute Gasteiger partial charge is 0.272 e. The van der Waals surface area contributed by atoms with E-state index < -0.39 is 22.9 Å². The number of para-hydroxylation sites is 2. The summed E-state index contributed by atoms with van der Waals surface area (Å²) in [6, 6.07) is 35.2. The van der Waals surface area contributed by atoms with Crippen LogP contribution in [0.3, 0.4) is 0 Å². The molecule has 1 atom stereocenters. The lowest BCUT2D eigenvalue weighted by molar-refractivity contribution is -0.117. The summed E-state index contributed by atoms with van der Waals surface area (Å²) in [5, 5.41) is 4.99. The predicted molar refractivity (Wildman–Crippen MR) is 188 cm³/mol. The van der Waals surface area contributed by atoms with Gasteiger partial charge in [-0.1, -0.05) is 78.0 Å². The number of nitrogens with one attached hydrogen (secondary N) is 2. The van der Waals surface area contributed by atoms with E-state index in [1.54, 1.807) is 65.2 Å². The molecule has 6 nitrogen and oxygen atoms in total. The van der Waals surface area contributed by atoms with Gasteiger partial charge in [-0.3, -0.25) is 19.3 Å². The predicted octanol–water partition coefficient (Wildman–Crippen LogP) is 9.20. The maximum absolute atomic E-state index is 14.7. The van der Waals surface area contributed by atoms with Crippen LogP contribution in [0.15, 0.2) is 142 Å². The van der Waals surface area contributed by atoms with E-state index in [9.17, 15) is 18.8 Å². The minimum atomic E-state index is -0.682. The Kier molecular flexibility index (Phi) is 9.77. The standard InChI is InChI=1S/C37H27ClFN3O3S2/c1-23(37(45)42-31-17-5-7-19-33(31)47-34-20-8-6-18-32(34)42)46-26-14-9-13-25(21-26)40-36(44)30(22-27-28(38)15-10-16-29(27)39)41-35(43)24-11-3-2-4-12-24/h2-23H,1H3,(H,40,44)(H,41,43)/b30-22-. The molecule has 0 spiro atoms. The van der Waals surface area contributed by atoms with Crippen LogP contribution in [0, 0.1) is 5.82 Å². The van der Waals surface area contributed by atoms with Crippen LogP contribution >= 0.6 is 35.1 Å². The van der Waals surface area contributed by atoms with Crippen LogP contribution in [0.25, 0.3) is 6.08 Å². The summed E-state index contributed by atoms with van der Waals surface area (Å²) in [4.78, 5) is 45.0. The van der Waals surface area contributed by atoms with Crippen molar-refractivity contribution in [1.82, 2.24) is 5.32 Å². The second-order valence-electron chi connectivity index (χ2n) is 10.5. The molecule has 0 bridgehead atoms. The van der Waals surface area contributed by atoms with E-state index in [4.69, 9.17) is 11.6 Å². The molecule has 0 saturated carbocycles. The second kappa shape index (κ2) is 14.3. The van der Waals surface area contributed by atoms with Crippen molar-refractivity contribution in [3.8, 4) is 0 Å². The number of amides is 3. The van der Waals surface area contributed by atoms with E-state index in [0.717, 1.165) is 26.1 Å². The number of hydrogen-bond acceptors (Lipinski definition) is 5. The zero-order valence-electron chi connectivity index (χ0n) is 24.9. The number of hydrogen-bond donors (Lipinski definition) is 2. The number of nitrogens with zero attached hydrogens (tertiary/aromatic N) is 1. The van der Waals surface area contributed by atoms with E-state index in [-0.39, 0.29) is 22.2 Å². The summed E-state index contributed by atoms with van der Waals surface area (Å²) in [6.45, 7) is 1.85. The summed E-state index contributed by atoms with van der Waals surface area (Å²) in [5.41, 5.74) is 2.17. The molecule has 10 heteroatoms. The van der Waals surface area contributed by atoms with Crippen molar-refractivity contribution in [2.75, 3.05) is 10.2 Å². The third-order valence-corrected chi connectivity index (χ3v) is 9.76. The van der Waals surface area contributed by atoms with Crippen molar-refractivity contribution in [2.45, 2.75) is 26.9 Å². The Morgan fingerprint density at radius 3 is 2.15 bits per heavy atom. The molecule has 0 fully saturated rings. The van der Waals surface area contributed by atoms with Crippen LogP contribution in [0.5, 0.6) is 0 Å². The summed E-state index contributed by atoms with van der Waals surface area (Å²) >= 11 is 9.23. The van der Waals surface area contributed by atoms with Crippen LogP contribution in [0.2, 0.25) is 5.02 Å². The van der Waals surface area contributed by atoms with Crippen molar-refractivity contribution in [3.05, 3.63) is 149 Å². The van der Waals surface area contributed by atoms with Crippen molar-refractivity contribution >= 4 is 76.0 Å². The van der Waals surface area contributed by atoms with E-state index in [1.165, 1.54) is 36.0 Å². The maximum Gasteiger partial charge on any atom is 0.272 e. The van der Waals surface area contributed by atoms with Gasteiger partial charge in [0.2, 0.25) is 5.91 Å². The first-order valence-electron chi connectivity index (χ1n) is 14.6. The second-order valence-corrected chi connectivity index (χ2v) is 13.4. The molecule has 0 radical (unpaired) electrons. The summed E-state index contributed by atoms with van der Waals surface area (Å²) in [5.74, 6) is -1.96. The summed E-state index contributed by atoms with van der Waals surface area (Å²) < 4.78 is 14.7. The quantitative estimate of drug-likeness (QED) is 0.126. The number of halogens is 2. The number of benzene rings is 5. The first-order chi connectivity index (χ1) is 22.8. The molecule has 234 valence electrons. The Morgan fingerprint density at radius 1 is 0.830 bits per heavy atom. The van der Waals surface area contributed by atoms with Crippen molar-refractivity contribution in [3.63, 3.8) is 0 Å². The highest BCUT2D eigenvalue weighted by atomic mass is 35.5. The van der Waals surface area contributed by atoms with Gasteiger partial charge in [-0.05, 0) is 79.7 Å². The number of carbonyl (C=O) groups is 3. The number of thioether (sulfide) groups is 1. The summed E-state index contributed by atoms with van der Waals surface area (Å²) in [7, 11) is 0. The molecule has 47 heavy (non-hydrogen) atoms. The Hall–Kier alpha value is -4.83. The molecular formula is C37H27ClFN3O3S2. The molecule has 0 aromatic heterocycles. The molecule has 1 unspecified atom stereocenters. The molecule has 6 rings (SSSR count). The van der Waals surface area contributed by atoms with E-state index in [2.05, 4.69) is 10.6 Å². The maximum atomic E-state index is 14.7. The number of rotatable bonds is 8. The van der Waals surface area contributed by atoms with Crippen molar-refractivity contribution < 1.29 is 18.8 Å². The largest absolute Gasteiger partial charge is 0.321 e. The van der Waals surface area contributed by atoms with Gasteiger partial charge in [-0.2, -0.15) is 0 Å². The summed E-state index contributed by atoms with van der Waals surface area (Å²) in [6.07, 6.45) is 1.21. The molecule has 1 aliphatic heterocycles. The van der Waals surface area contributed by atoms with E-state index in [0.29, 0.717) is 11.3 Å². The minimum Gasteiger partial charge on any atom is -0.321 e. The van der Waals surface area contributed by atoms with Crippen LogP contribution in [-0.4, -0.2) is 23.0 Å². The minimum absolute atomic E-state index is 0.0384. The molecule has 5 aromatic carbocycles. The van der Waals surface area contributed by atoms with Gasteiger partial charge in [0.15, 0.2) is 0 Å². The van der Waals surface area contributed by atoms with E-state index in [1.807, 2.05) is 61.5 Å². The average molecular weight is 680 g/mol. The Labute approximate surface area is 285 Å². The van der Waals surface area contributed by atoms with Gasteiger partial charge < -0.3 is 10.6 Å². The Bertz CT molecular complexity index is 1960. The van der Waals surface area contributed by atoms with E-state index >= 15 is 0 Å². The lowest BCUT2D eigenvalue weighted by Crippen LogP contribution is -2.34. The number of carbonyl (C=O) groups excluding carboxylic acids is 3. The lowest BCUT2D eigenvalue weighted by atomic mass is 10.1. The van der Waals surface area contributed by atoms with Crippen LogP contribution in [-0.2, 0) is 9.59 Å². The fourth-order valence-corrected chi connectivity index (χ4v) is 7.20. The highest BCUT2D eigenvalue weighted by molar-refractivity contribution is 8.00. The number of fused-ring (bicyclic) bond motifs is 2. The molecular weight excluding hydrogens is 653 g/mol. The first kappa shape index (κ1) is 32.1. The van der Waals surface area contributed by atoms with Gasteiger partial charge in [0.1, 0.15) is 11.5 Å². The molecule has 0 aliphatic carbocycles. The SMILES string of the molecule is CC(Sc1cccc(NC(=O)/C(=C/c2c(F)cccc2Cl)NC(=O)c2ccccc2)c1)C(=O)N1c2ccccc2Sc2ccccc21. The molecule has 5 aromatic rings. The van der Waals surface area contributed by atoms with Crippen LogP contribution < -0.4 is 15.5 Å². The molecule has 2 N–H and O–H groups in total. The Morgan fingerprint density at radius 2 is 1.47 bits per heavy atom. The third-order valence-electron chi connectivity index (χ3n) is 7.22. The zero-order valence-corrected chi connectivity index (χ0v) is 27.3. The third kappa shape index (κ3) is 7.28. The molecule has 1 aliphatic rings. The lowest BCUT2D eigenvalue weighted by Gasteiger charge is -2.32. The molecule has 0 saturated heterocycles. The van der Waals surface area contributed by atoms with Gasteiger partial charge in [-0.25, -0.2) is 4.39 Å². The van der Waals surface area contributed by atoms with Crippen LogP contribution in [0.1, 0.15) is 22.8 Å². The van der Waals surface area contributed by atoms with Gasteiger partial charge in [0, 0.05) is 31.5 Å². The van der Waals surface area contributed by atoms with Gasteiger partial charge in [-0.15, -0.1) is 11.8 Å². The normalized spacial score (nSPS) is 12.8. The van der Waals surface area contributed by atoms with Gasteiger partial charge >= 0.3 is 0 Å². The van der Waals surface area contributed by atoms with Crippen LogP contribution in [0.4, 0.5) is 21.5 Å². The zero-order chi connectivity index (χ0) is 32.9. The monoisotopic (exact) mass is 679 g/mol. The highest BCUT2D eigenvalue weighted by Crippen LogP contribution is 2.48. The average Bonchev–Trinajstić information content (AvgIpc) is 3.08. The van der Waals surface area contributed by atoms with Crippen molar-refractivity contribution in [2.24, 2.45) is 0 Å². The highest BCUT2D eigenvalue weighted by Gasteiger charge is 2.31. The first-order valence-corrected chi connectivity index (χ1v) is 16.7. The topological polar surface area (TPSA) is 78.5 Å². The Balaban J connectivity index is 1.22. The fourth-order valence-electron chi connectivity index (χ4n) is 4.96. The van der Waals surface area contributed by atoms with Crippen molar-refractivity contribution in [1.29, 1.82) is 0 Å². The number of anilines is 3. The van der Waals surface area contributed by atoms with Gasteiger partial charge in [0.05, 0.1) is 21.6 Å². The van der Waals surface area contributed by atoms with Gasteiger partial charge in [0.25, 0.3) is 11.8 Å². The molecule has 1 heterocycles. The molecule has 3 amide bonds. The fraction of sp³-hybridized carbons (Fsp3) is 0.0541.